The zero-order valence-electron chi connectivity index (χ0n) is 8.53. The third kappa shape index (κ3) is 4.91. The summed E-state index contributed by atoms with van der Waals surface area (Å²) in [5.74, 6) is 0. The maximum atomic E-state index is 5.56. The lowest BCUT2D eigenvalue weighted by molar-refractivity contribution is 1.69. The highest BCUT2D eigenvalue weighted by Crippen LogP contribution is 2.10. The molecule has 0 radical (unpaired) electrons. The van der Waals surface area contributed by atoms with Crippen molar-refractivity contribution in [3.8, 4) is 0 Å². The van der Waals surface area contributed by atoms with E-state index in [4.69, 9.17) is 34.7 Å². The Hall–Kier alpha value is -1.38. The van der Waals surface area contributed by atoms with Crippen LogP contribution in [0.1, 0.15) is 0 Å². The highest BCUT2D eigenvalue weighted by molar-refractivity contribution is 6.31. The molecule has 0 aromatic heterocycles. The van der Waals surface area contributed by atoms with Crippen LogP contribution in [0.4, 0.5) is 11.4 Å². The maximum absolute atomic E-state index is 5.56. The Morgan fingerprint density at radius 1 is 0.688 bits per heavy atom. The third-order valence-electron chi connectivity index (χ3n) is 1.72. The van der Waals surface area contributed by atoms with Crippen molar-refractivity contribution in [2.24, 2.45) is 0 Å². The van der Waals surface area contributed by atoms with Crippen molar-refractivity contribution >= 4 is 34.6 Å². The molecule has 0 amide bonds. The van der Waals surface area contributed by atoms with E-state index in [1.165, 1.54) is 0 Å². The summed E-state index contributed by atoms with van der Waals surface area (Å²) >= 11 is 11.1. The van der Waals surface area contributed by atoms with Crippen molar-refractivity contribution in [3.63, 3.8) is 0 Å². The largest absolute Gasteiger partial charge is 0.399 e. The molecule has 84 valence electrons. The molecule has 4 heteroatoms. The van der Waals surface area contributed by atoms with Gasteiger partial charge in [0, 0.05) is 21.4 Å². The number of halogens is 2. The fraction of sp³-hybridized carbons (Fsp3) is 0. The van der Waals surface area contributed by atoms with Crippen molar-refractivity contribution in [2.45, 2.75) is 0 Å². The van der Waals surface area contributed by atoms with E-state index < -0.39 is 0 Å². The van der Waals surface area contributed by atoms with Crippen LogP contribution in [0.5, 0.6) is 0 Å². The normalized spacial score (nSPS) is 9.12. The number of hydrogen-bond acceptors (Lipinski definition) is 2. The van der Waals surface area contributed by atoms with Crippen LogP contribution in [0.3, 0.4) is 0 Å². The van der Waals surface area contributed by atoms with E-state index in [9.17, 15) is 0 Å². The molecule has 0 bridgehead atoms. The highest BCUT2D eigenvalue weighted by Gasteiger charge is 1.83. The van der Waals surface area contributed by atoms with Crippen molar-refractivity contribution in [1.29, 1.82) is 0 Å². The molecule has 0 atom stereocenters. The van der Waals surface area contributed by atoms with Crippen LogP contribution < -0.4 is 11.5 Å². The summed E-state index contributed by atoms with van der Waals surface area (Å²) in [6.45, 7) is 0. The number of nitrogens with two attached hydrogens (primary N) is 2. The van der Waals surface area contributed by atoms with Gasteiger partial charge in [-0.1, -0.05) is 29.3 Å². The van der Waals surface area contributed by atoms with Gasteiger partial charge in [0.25, 0.3) is 0 Å². The van der Waals surface area contributed by atoms with E-state index >= 15 is 0 Å². The number of hydrogen-bond donors (Lipinski definition) is 2. The van der Waals surface area contributed by atoms with Gasteiger partial charge in [0.05, 0.1) is 0 Å². The third-order valence-corrected chi connectivity index (χ3v) is 2.21. The van der Waals surface area contributed by atoms with Crippen LogP contribution in [0.2, 0.25) is 10.0 Å². The van der Waals surface area contributed by atoms with Gasteiger partial charge in [-0.25, -0.2) is 0 Å². The van der Waals surface area contributed by atoms with Gasteiger partial charge in [0.15, 0.2) is 0 Å². The lowest BCUT2D eigenvalue weighted by atomic mass is 10.3. The number of rotatable bonds is 0. The molecule has 0 aliphatic carbocycles. The molecular formula is C12H12Cl2N2. The van der Waals surface area contributed by atoms with Crippen molar-refractivity contribution in [1.82, 2.24) is 0 Å². The molecule has 2 nitrogen and oxygen atoms in total. The van der Waals surface area contributed by atoms with Gasteiger partial charge in [-0.3, -0.25) is 0 Å². The molecule has 0 unspecified atom stereocenters. The fourth-order valence-electron chi connectivity index (χ4n) is 0.969. The van der Waals surface area contributed by atoms with E-state index in [-0.39, 0.29) is 0 Å². The average molecular weight is 255 g/mol. The van der Waals surface area contributed by atoms with E-state index in [0.29, 0.717) is 10.7 Å². The first kappa shape index (κ1) is 12.7. The average Bonchev–Trinajstić information content (AvgIpc) is 2.23. The first-order valence-electron chi connectivity index (χ1n) is 4.60. The van der Waals surface area contributed by atoms with Crippen LogP contribution in [0.25, 0.3) is 0 Å². The molecule has 0 aliphatic rings. The van der Waals surface area contributed by atoms with Crippen LogP contribution in [0.15, 0.2) is 48.5 Å². The van der Waals surface area contributed by atoms with Gasteiger partial charge in [-0.15, -0.1) is 0 Å². The number of benzene rings is 2. The Morgan fingerprint density at radius 2 is 1.31 bits per heavy atom. The Labute approximate surface area is 105 Å². The summed E-state index contributed by atoms with van der Waals surface area (Å²) in [7, 11) is 0. The van der Waals surface area contributed by atoms with Gasteiger partial charge < -0.3 is 11.5 Å². The molecule has 2 aromatic carbocycles. The summed E-state index contributed by atoms with van der Waals surface area (Å²) in [6.07, 6.45) is 0. The molecule has 2 rings (SSSR count). The lowest BCUT2D eigenvalue weighted by Gasteiger charge is -1.89. The van der Waals surface area contributed by atoms with Gasteiger partial charge in [-0.2, -0.15) is 0 Å². The fourth-order valence-corrected chi connectivity index (χ4v) is 1.29. The second-order valence-corrected chi connectivity index (χ2v) is 3.98. The second-order valence-electron chi connectivity index (χ2n) is 3.11. The van der Waals surface area contributed by atoms with Gasteiger partial charge in [0.1, 0.15) is 0 Å². The molecule has 4 N–H and O–H groups in total. The predicted octanol–water partition coefficient (Wildman–Crippen LogP) is 3.84. The molecule has 2 aromatic rings. The Balaban J connectivity index is 0.000000160. The van der Waals surface area contributed by atoms with Gasteiger partial charge >= 0.3 is 0 Å². The Bertz CT molecular complexity index is 403. The van der Waals surface area contributed by atoms with E-state index in [0.717, 1.165) is 10.7 Å². The topological polar surface area (TPSA) is 52.0 Å². The monoisotopic (exact) mass is 254 g/mol. The quantitative estimate of drug-likeness (QED) is 0.702. The van der Waals surface area contributed by atoms with Crippen LogP contribution >= 0.6 is 23.2 Å². The van der Waals surface area contributed by atoms with Crippen LogP contribution in [-0.2, 0) is 0 Å². The zero-order chi connectivity index (χ0) is 12.0. The van der Waals surface area contributed by atoms with Crippen LogP contribution in [-0.4, -0.2) is 0 Å². The van der Waals surface area contributed by atoms with Crippen molar-refractivity contribution in [2.75, 3.05) is 11.5 Å². The highest BCUT2D eigenvalue weighted by atomic mass is 35.5. The molecule has 16 heavy (non-hydrogen) atoms. The minimum atomic E-state index is 0.685. The Kier molecular flexibility index (Phi) is 4.96. The number of anilines is 2. The molecule has 0 saturated heterocycles. The first-order chi connectivity index (χ1) is 7.58. The summed E-state index contributed by atoms with van der Waals surface area (Å²) in [6, 6.07) is 14.2. The summed E-state index contributed by atoms with van der Waals surface area (Å²) in [5.41, 5.74) is 12.2. The minimum absolute atomic E-state index is 0.685. The van der Waals surface area contributed by atoms with E-state index in [1.807, 2.05) is 6.07 Å². The predicted molar refractivity (Wildman–Crippen MR) is 71.7 cm³/mol. The summed E-state index contributed by atoms with van der Waals surface area (Å²) in [4.78, 5) is 0. The number of nitrogen functional groups attached to an aromatic ring is 2. The molecule has 0 saturated carbocycles. The van der Waals surface area contributed by atoms with Gasteiger partial charge in [-0.05, 0) is 42.5 Å². The molecule has 0 aliphatic heterocycles. The zero-order valence-corrected chi connectivity index (χ0v) is 10.0. The SMILES string of the molecule is Nc1ccc(Cl)cc1.Nc1cccc(Cl)c1. The molecular weight excluding hydrogens is 243 g/mol. The summed E-state index contributed by atoms with van der Waals surface area (Å²) < 4.78 is 0. The molecule has 0 heterocycles. The van der Waals surface area contributed by atoms with Crippen molar-refractivity contribution in [3.05, 3.63) is 58.6 Å². The molecule has 0 spiro atoms. The minimum Gasteiger partial charge on any atom is -0.399 e. The lowest BCUT2D eigenvalue weighted by Crippen LogP contribution is -1.80. The van der Waals surface area contributed by atoms with Crippen molar-refractivity contribution < 1.29 is 0 Å². The smallest absolute Gasteiger partial charge is 0.0426 e. The maximum Gasteiger partial charge on any atom is 0.0426 e. The van der Waals surface area contributed by atoms with Gasteiger partial charge in [0.2, 0.25) is 0 Å². The van der Waals surface area contributed by atoms with Crippen LogP contribution in [0, 0.1) is 0 Å². The molecule has 0 fully saturated rings. The Morgan fingerprint density at radius 3 is 1.69 bits per heavy atom. The van der Waals surface area contributed by atoms with E-state index in [2.05, 4.69) is 0 Å². The first-order valence-corrected chi connectivity index (χ1v) is 5.35. The summed E-state index contributed by atoms with van der Waals surface area (Å²) in [5, 5.41) is 1.41. The van der Waals surface area contributed by atoms with E-state index in [1.54, 1.807) is 42.5 Å². The standard InChI is InChI=1S/2C6H6ClN/c7-5-1-3-6(8)4-2-5;7-5-2-1-3-6(8)4-5/h2*1-4H,8H2. The second kappa shape index (κ2) is 6.26.